The lowest BCUT2D eigenvalue weighted by molar-refractivity contribution is -0.142. The molecular weight excluding hydrogens is 228 g/mol. The molecular formula is C14H22N2O2. The van der Waals surface area contributed by atoms with Gasteiger partial charge in [0.15, 0.2) is 0 Å². The lowest BCUT2D eigenvalue weighted by Gasteiger charge is -2.25. The van der Waals surface area contributed by atoms with Gasteiger partial charge in [-0.15, -0.1) is 0 Å². The second-order valence-electron chi connectivity index (χ2n) is 4.60. The molecule has 0 fully saturated rings. The van der Waals surface area contributed by atoms with Crippen molar-refractivity contribution in [3.05, 3.63) is 29.3 Å². The van der Waals surface area contributed by atoms with Gasteiger partial charge in [0, 0.05) is 19.3 Å². The van der Waals surface area contributed by atoms with Crippen molar-refractivity contribution in [3.8, 4) is 0 Å². The van der Waals surface area contributed by atoms with E-state index in [2.05, 4.69) is 5.32 Å². The van der Waals surface area contributed by atoms with Gasteiger partial charge in [0.1, 0.15) is 5.60 Å². The van der Waals surface area contributed by atoms with Gasteiger partial charge >= 0.3 is 0 Å². The fourth-order valence-electron chi connectivity index (χ4n) is 1.65. The van der Waals surface area contributed by atoms with Gasteiger partial charge in [-0.3, -0.25) is 4.79 Å². The number of nitrogens with two attached hydrogens (primary N) is 1. The summed E-state index contributed by atoms with van der Waals surface area (Å²) in [7, 11) is 1.55. The maximum Gasteiger partial charge on any atom is 0.252 e. The van der Waals surface area contributed by atoms with Gasteiger partial charge in [0.05, 0.1) is 0 Å². The Balaban J connectivity index is 2.71. The van der Waals surface area contributed by atoms with Crippen LogP contribution in [0.2, 0.25) is 0 Å². The molecule has 1 aromatic carbocycles. The SMILES string of the molecule is CCC(C)(OC)C(=O)NCc1cccc(N)c1C. The van der Waals surface area contributed by atoms with Crippen LogP contribution >= 0.6 is 0 Å². The molecule has 1 amide bonds. The number of amides is 1. The summed E-state index contributed by atoms with van der Waals surface area (Å²) >= 11 is 0. The lowest BCUT2D eigenvalue weighted by atomic mass is 10.0. The van der Waals surface area contributed by atoms with E-state index >= 15 is 0 Å². The van der Waals surface area contributed by atoms with E-state index in [0.717, 1.165) is 16.8 Å². The number of ether oxygens (including phenoxy) is 1. The molecule has 0 radical (unpaired) electrons. The van der Waals surface area contributed by atoms with Crippen LogP contribution in [0, 0.1) is 6.92 Å². The van der Waals surface area contributed by atoms with Gasteiger partial charge in [-0.2, -0.15) is 0 Å². The summed E-state index contributed by atoms with van der Waals surface area (Å²) in [4.78, 5) is 12.0. The maximum atomic E-state index is 12.0. The molecule has 18 heavy (non-hydrogen) atoms. The Morgan fingerprint density at radius 2 is 2.17 bits per heavy atom. The van der Waals surface area contributed by atoms with Crippen LogP contribution in [0.1, 0.15) is 31.4 Å². The summed E-state index contributed by atoms with van der Waals surface area (Å²) < 4.78 is 5.25. The molecule has 1 rings (SSSR count). The topological polar surface area (TPSA) is 64.3 Å². The number of nitrogens with one attached hydrogen (secondary N) is 1. The molecule has 3 N–H and O–H groups in total. The van der Waals surface area contributed by atoms with Crippen molar-refractivity contribution in [3.63, 3.8) is 0 Å². The van der Waals surface area contributed by atoms with Gasteiger partial charge in [-0.1, -0.05) is 19.1 Å². The van der Waals surface area contributed by atoms with E-state index in [9.17, 15) is 4.79 Å². The van der Waals surface area contributed by atoms with Crippen LogP contribution in [0.4, 0.5) is 5.69 Å². The number of hydrogen-bond acceptors (Lipinski definition) is 3. The third-order valence-electron chi connectivity index (χ3n) is 3.53. The summed E-state index contributed by atoms with van der Waals surface area (Å²) in [5.41, 5.74) is 7.83. The highest BCUT2D eigenvalue weighted by Crippen LogP contribution is 2.17. The average molecular weight is 250 g/mol. The molecule has 0 bridgehead atoms. The van der Waals surface area contributed by atoms with Crippen LogP contribution in [0.3, 0.4) is 0 Å². The van der Waals surface area contributed by atoms with Gasteiger partial charge in [-0.05, 0) is 37.5 Å². The fourth-order valence-corrected chi connectivity index (χ4v) is 1.65. The molecule has 0 aliphatic rings. The zero-order valence-electron chi connectivity index (χ0n) is 11.5. The van der Waals surface area contributed by atoms with E-state index in [0.29, 0.717) is 13.0 Å². The summed E-state index contributed by atoms with van der Waals surface area (Å²) in [6.07, 6.45) is 0.630. The van der Waals surface area contributed by atoms with Crippen LogP contribution in [0.5, 0.6) is 0 Å². The van der Waals surface area contributed by atoms with Crippen molar-refractivity contribution in [2.75, 3.05) is 12.8 Å². The van der Waals surface area contributed by atoms with E-state index in [1.165, 1.54) is 0 Å². The van der Waals surface area contributed by atoms with Gasteiger partial charge in [0.2, 0.25) is 0 Å². The quantitative estimate of drug-likeness (QED) is 0.786. The predicted octanol–water partition coefficient (Wildman–Crippen LogP) is 2.01. The van der Waals surface area contributed by atoms with Gasteiger partial charge in [0.25, 0.3) is 5.91 Å². The Hall–Kier alpha value is -1.55. The van der Waals surface area contributed by atoms with Crippen LogP contribution in [-0.2, 0) is 16.1 Å². The highest BCUT2D eigenvalue weighted by atomic mass is 16.5. The van der Waals surface area contributed by atoms with E-state index in [1.807, 2.05) is 32.0 Å². The maximum absolute atomic E-state index is 12.0. The molecule has 0 aliphatic heterocycles. The highest BCUT2D eigenvalue weighted by Gasteiger charge is 2.30. The first-order valence-electron chi connectivity index (χ1n) is 6.12. The zero-order valence-corrected chi connectivity index (χ0v) is 11.5. The van der Waals surface area contributed by atoms with Crippen molar-refractivity contribution < 1.29 is 9.53 Å². The van der Waals surface area contributed by atoms with Gasteiger partial charge in [-0.25, -0.2) is 0 Å². The van der Waals surface area contributed by atoms with Crippen molar-refractivity contribution >= 4 is 11.6 Å². The van der Waals surface area contributed by atoms with Crippen molar-refractivity contribution in [2.45, 2.75) is 39.3 Å². The molecule has 0 saturated carbocycles. The smallest absolute Gasteiger partial charge is 0.252 e. The predicted molar refractivity (Wildman–Crippen MR) is 73.1 cm³/mol. The third-order valence-corrected chi connectivity index (χ3v) is 3.53. The first-order valence-corrected chi connectivity index (χ1v) is 6.12. The molecule has 0 heterocycles. The Morgan fingerprint density at radius 3 is 2.72 bits per heavy atom. The molecule has 1 atom stereocenters. The normalized spacial score (nSPS) is 14.0. The first kappa shape index (κ1) is 14.5. The Labute approximate surface area is 109 Å². The molecule has 1 unspecified atom stereocenters. The standard InChI is InChI=1S/C14H22N2O2/c1-5-14(3,18-4)13(17)16-9-11-7-6-8-12(15)10(11)2/h6-8H,5,9,15H2,1-4H3,(H,16,17). The van der Waals surface area contributed by atoms with Crippen molar-refractivity contribution in [1.82, 2.24) is 5.32 Å². The summed E-state index contributed by atoms with van der Waals surface area (Å²) in [5.74, 6) is -0.102. The van der Waals surface area contributed by atoms with Crippen LogP contribution in [0.25, 0.3) is 0 Å². The van der Waals surface area contributed by atoms with E-state index < -0.39 is 5.60 Å². The minimum absolute atomic E-state index is 0.102. The number of benzene rings is 1. The number of hydrogen-bond donors (Lipinski definition) is 2. The van der Waals surface area contributed by atoms with Crippen LogP contribution in [-0.4, -0.2) is 18.6 Å². The zero-order chi connectivity index (χ0) is 13.8. The number of rotatable bonds is 5. The lowest BCUT2D eigenvalue weighted by Crippen LogP contribution is -2.45. The molecule has 4 nitrogen and oxygen atoms in total. The second-order valence-corrected chi connectivity index (χ2v) is 4.60. The van der Waals surface area contributed by atoms with Crippen LogP contribution in [0.15, 0.2) is 18.2 Å². The Kier molecular flexibility index (Phi) is 4.73. The Morgan fingerprint density at radius 1 is 1.50 bits per heavy atom. The van der Waals surface area contributed by atoms with E-state index in [-0.39, 0.29) is 5.91 Å². The number of carbonyl (C=O) groups is 1. The van der Waals surface area contributed by atoms with Crippen molar-refractivity contribution in [1.29, 1.82) is 0 Å². The van der Waals surface area contributed by atoms with Gasteiger partial charge < -0.3 is 15.8 Å². The number of carbonyl (C=O) groups excluding carboxylic acids is 1. The van der Waals surface area contributed by atoms with E-state index in [4.69, 9.17) is 10.5 Å². The highest BCUT2D eigenvalue weighted by molar-refractivity contribution is 5.84. The summed E-state index contributed by atoms with van der Waals surface area (Å²) in [5, 5.41) is 2.89. The summed E-state index contributed by atoms with van der Waals surface area (Å²) in [6.45, 7) is 6.13. The number of anilines is 1. The number of nitrogen functional groups attached to an aromatic ring is 1. The molecule has 0 saturated heterocycles. The van der Waals surface area contributed by atoms with E-state index in [1.54, 1.807) is 14.0 Å². The third kappa shape index (κ3) is 3.01. The fraction of sp³-hybridized carbons (Fsp3) is 0.500. The number of methoxy groups -OCH3 is 1. The first-order chi connectivity index (χ1) is 8.44. The largest absolute Gasteiger partial charge is 0.399 e. The molecule has 1 aromatic rings. The minimum atomic E-state index is -0.770. The molecule has 100 valence electrons. The second kappa shape index (κ2) is 5.87. The molecule has 0 spiro atoms. The molecule has 0 aromatic heterocycles. The summed E-state index contributed by atoms with van der Waals surface area (Å²) in [6, 6.07) is 5.70. The molecule has 0 aliphatic carbocycles. The Bertz CT molecular complexity index is 426. The molecule has 4 heteroatoms. The van der Waals surface area contributed by atoms with Crippen LogP contribution < -0.4 is 11.1 Å². The average Bonchev–Trinajstić information content (AvgIpc) is 2.39. The minimum Gasteiger partial charge on any atom is -0.399 e. The van der Waals surface area contributed by atoms with Crippen molar-refractivity contribution in [2.24, 2.45) is 0 Å². The monoisotopic (exact) mass is 250 g/mol.